The Morgan fingerprint density at radius 2 is 1.87 bits per heavy atom. The van der Waals surface area contributed by atoms with Gasteiger partial charge in [0.25, 0.3) is 0 Å². The van der Waals surface area contributed by atoms with Crippen LogP contribution in [0.1, 0.15) is 43.9 Å². The number of aromatic nitrogens is 1. The van der Waals surface area contributed by atoms with Gasteiger partial charge in [-0.1, -0.05) is 29.8 Å². The molecule has 0 spiro atoms. The van der Waals surface area contributed by atoms with Crippen LogP contribution in [0.25, 0.3) is 11.3 Å². The van der Waals surface area contributed by atoms with Crippen LogP contribution in [0.5, 0.6) is 0 Å². The number of nitrogens with zero attached hydrogens (tertiary/aromatic N) is 4. The van der Waals surface area contributed by atoms with Crippen LogP contribution in [-0.4, -0.2) is 53.3 Å². The zero-order valence-electron chi connectivity index (χ0n) is 23.0. The topological polar surface area (TPSA) is 78.0 Å². The number of fused-ring (bicyclic) bond motifs is 5. The number of rotatable bonds is 2. The van der Waals surface area contributed by atoms with Crippen molar-refractivity contribution in [2.75, 3.05) is 34.8 Å². The van der Waals surface area contributed by atoms with Gasteiger partial charge in [-0.2, -0.15) is 0 Å². The van der Waals surface area contributed by atoms with Gasteiger partial charge in [-0.05, 0) is 82.0 Å². The molecule has 202 valence electrons. The number of urea groups is 1. The van der Waals surface area contributed by atoms with Gasteiger partial charge in [0.15, 0.2) is 5.82 Å². The number of anilines is 3. The molecule has 1 N–H and O–H groups in total. The molecule has 2 aromatic carbocycles. The molecule has 0 radical (unpaired) electrons. The van der Waals surface area contributed by atoms with Crippen molar-refractivity contribution in [2.24, 2.45) is 0 Å². The maximum absolute atomic E-state index is 13.8. The van der Waals surface area contributed by atoms with Gasteiger partial charge in [0, 0.05) is 37.4 Å². The molecule has 1 fully saturated rings. The molecule has 2 bridgehead atoms. The summed E-state index contributed by atoms with van der Waals surface area (Å²) in [4.78, 5) is 37.3. The van der Waals surface area contributed by atoms with E-state index >= 15 is 0 Å². The Bertz CT molecular complexity index is 1450. The second-order valence-electron chi connectivity index (χ2n) is 11.7. The van der Waals surface area contributed by atoms with E-state index in [0.29, 0.717) is 24.6 Å². The lowest BCUT2D eigenvalue weighted by Crippen LogP contribution is -2.48. The number of carbonyl (C=O) groups is 2. The van der Waals surface area contributed by atoms with Crippen molar-refractivity contribution >= 4 is 29.3 Å². The van der Waals surface area contributed by atoms with Crippen LogP contribution in [0, 0.1) is 6.92 Å². The monoisotopic (exact) mass is 525 g/mol. The number of benzene rings is 2. The Balaban J connectivity index is 1.25. The highest BCUT2D eigenvalue weighted by molar-refractivity contribution is 6.04. The molecule has 0 unspecified atom stereocenters. The molecular weight excluding hydrogens is 490 g/mol. The number of nitrogens with one attached hydrogen (secondary N) is 1. The average molecular weight is 526 g/mol. The maximum atomic E-state index is 13.8. The molecule has 3 amide bonds. The molecule has 1 aromatic heterocycles. The Hall–Kier alpha value is -4.07. The first kappa shape index (κ1) is 25.2. The molecule has 6 rings (SSSR count). The van der Waals surface area contributed by atoms with Crippen molar-refractivity contribution in [1.82, 2.24) is 9.88 Å². The molecule has 3 aliphatic rings. The fourth-order valence-corrected chi connectivity index (χ4v) is 5.74. The molecule has 8 heteroatoms. The zero-order chi connectivity index (χ0) is 27.3. The summed E-state index contributed by atoms with van der Waals surface area (Å²) >= 11 is 0. The molecule has 8 nitrogen and oxygen atoms in total. The van der Waals surface area contributed by atoms with E-state index in [-0.39, 0.29) is 18.2 Å². The van der Waals surface area contributed by atoms with E-state index in [0.717, 1.165) is 48.4 Å². The predicted octanol–water partition coefficient (Wildman–Crippen LogP) is 5.98. The van der Waals surface area contributed by atoms with Gasteiger partial charge in [-0.3, -0.25) is 4.90 Å². The van der Waals surface area contributed by atoms with E-state index in [1.807, 2.05) is 56.0 Å². The summed E-state index contributed by atoms with van der Waals surface area (Å²) in [5, 5.41) is 3.13. The van der Waals surface area contributed by atoms with E-state index in [1.165, 1.54) is 11.1 Å². The van der Waals surface area contributed by atoms with E-state index in [9.17, 15) is 9.59 Å². The van der Waals surface area contributed by atoms with Crippen molar-refractivity contribution in [2.45, 2.75) is 58.7 Å². The summed E-state index contributed by atoms with van der Waals surface area (Å²) < 4.78 is 5.58. The number of aryl methyl sites for hydroxylation is 1. The van der Waals surface area contributed by atoms with Crippen molar-refractivity contribution in [1.29, 1.82) is 0 Å². The third-order valence-corrected chi connectivity index (χ3v) is 7.61. The molecule has 3 aromatic rings. The van der Waals surface area contributed by atoms with Gasteiger partial charge in [0.1, 0.15) is 5.60 Å². The summed E-state index contributed by atoms with van der Waals surface area (Å²) in [6, 6.07) is 18.3. The minimum absolute atomic E-state index is 0.0676. The average Bonchev–Trinajstić information content (AvgIpc) is 3.31. The number of hydrogen-bond donors (Lipinski definition) is 1. The predicted molar refractivity (Wildman–Crippen MR) is 153 cm³/mol. The lowest BCUT2D eigenvalue weighted by Gasteiger charge is -2.36. The lowest BCUT2D eigenvalue weighted by molar-refractivity contribution is 0.0224. The fraction of sp³-hybridized carbons (Fsp3) is 0.387. The Labute approximate surface area is 229 Å². The van der Waals surface area contributed by atoms with Crippen LogP contribution in [0.3, 0.4) is 0 Å². The fourth-order valence-electron chi connectivity index (χ4n) is 5.74. The van der Waals surface area contributed by atoms with Crippen LogP contribution in [0.2, 0.25) is 0 Å². The van der Waals surface area contributed by atoms with Gasteiger partial charge >= 0.3 is 12.1 Å². The minimum Gasteiger partial charge on any atom is -0.444 e. The largest absolute Gasteiger partial charge is 0.444 e. The van der Waals surface area contributed by atoms with Gasteiger partial charge in [0.05, 0.1) is 17.4 Å². The standard InChI is InChI=1S/C31H35N5O3/c1-20-6-5-7-22(16-20)26-10-11-27-28(33-26)36(25-13-15-34(27)19-25)29(37)32-24-9-8-21-12-14-35(18-23(21)17-24)30(38)39-31(2,3)4/h5-11,16-17,25H,12-15,18-19H2,1-4H3,(H,32,37)/t25-/m0/s1. The molecule has 3 aliphatic heterocycles. The van der Waals surface area contributed by atoms with E-state index in [1.54, 1.807) is 4.90 Å². The Morgan fingerprint density at radius 3 is 2.67 bits per heavy atom. The van der Waals surface area contributed by atoms with Gasteiger partial charge < -0.3 is 19.9 Å². The smallest absolute Gasteiger partial charge is 0.410 e. The molecule has 1 saturated heterocycles. The van der Waals surface area contributed by atoms with E-state index in [2.05, 4.69) is 41.4 Å². The SMILES string of the molecule is Cc1cccc(-c2ccc3c(n2)N(C(=O)Nc2ccc4c(c2)CN(C(=O)OC(C)(C)C)CC4)[C@H]2CCN3C2)c1. The first-order valence-corrected chi connectivity index (χ1v) is 13.7. The zero-order valence-corrected chi connectivity index (χ0v) is 23.0. The van der Waals surface area contributed by atoms with Crippen molar-refractivity contribution in [3.8, 4) is 11.3 Å². The second-order valence-corrected chi connectivity index (χ2v) is 11.7. The lowest BCUT2D eigenvalue weighted by atomic mass is 9.99. The van der Waals surface area contributed by atoms with E-state index in [4.69, 9.17) is 9.72 Å². The van der Waals surface area contributed by atoms with Gasteiger partial charge in [-0.25, -0.2) is 14.6 Å². The second kappa shape index (κ2) is 9.59. The van der Waals surface area contributed by atoms with Crippen molar-refractivity contribution in [3.05, 3.63) is 71.3 Å². The quantitative estimate of drug-likeness (QED) is 0.445. The van der Waals surface area contributed by atoms with Gasteiger partial charge in [0.2, 0.25) is 0 Å². The van der Waals surface area contributed by atoms with Gasteiger partial charge in [-0.15, -0.1) is 0 Å². The van der Waals surface area contributed by atoms with Crippen LogP contribution < -0.4 is 15.1 Å². The summed E-state index contributed by atoms with van der Waals surface area (Å²) in [5.74, 6) is 0.703. The number of hydrogen-bond acceptors (Lipinski definition) is 5. The maximum Gasteiger partial charge on any atom is 0.410 e. The number of pyridine rings is 1. The van der Waals surface area contributed by atoms with Crippen LogP contribution in [0.4, 0.5) is 26.8 Å². The third kappa shape index (κ3) is 5.03. The van der Waals surface area contributed by atoms with Crippen LogP contribution >= 0.6 is 0 Å². The van der Waals surface area contributed by atoms with E-state index < -0.39 is 5.60 Å². The summed E-state index contributed by atoms with van der Waals surface area (Å²) in [6.07, 6.45) is 1.35. The molecule has 39 heavy (non-hydrogen) atoms. The highest BCUT2D eigenvalue weighted by atomic mass is 16.6. The molecule has 4 heterocycles. The third-order valence-electron chi connectivity index (χ3n) is 7.61. The van der Waals surface area contributed by atoms with Crippen molar-refractivity contribution < 1.29 is 14.3 Å². The van der Waals surface area contributed by atoms with Crippen LogP contribution in [-0.2, 0) is 17.7 Å². The Morgan fingerprint density at radius 1 is 1.03 bits per heavy atom. The number of amides is 3. The highest BCUT2D eigenvalue weighted by Crippen LogP contribution is 2.40. The molecule has 1 atom stereocenters. The summed E-state index contributed by atoms with van der Waals surface area (Å²) in [6.45, 7) is 10.5. The Kier molecular flexibility index (Phi) is 6.20. The van der Waals surface area contributed by atoms with Crippen molar-refractivity contribution in [3.63, 3.8) is 0 Å². The normalized spacial score (nSPS) is 17.9. The first-order valence-electron chi connectivity index (χ1n) is 13.7. The highest BCUT2D eigenvalue weighted by Gasteiger charge is 2.40. The summed E-state index contributed by atoms with van der Waals surface area (Å²) in [7, 11) is 0. The molecular formula is C31H35N5O3. The molecule has 0 saturated carbocycles. The summed E-state index contributed by atoms with van der Waals surface area (Å²) in [5.41, 5.74) is 6.44. The first-order chi connectivity index (χ1) is 18.6. The molecule has 0 aliphatic carbocycles. The minimum atomic E-state index is -0.541. The van der Waals surface area contributed by atoms with Crippen LogP contribution in [0.15, 0.2) is 54.6 Å². The number of carbonyl (C=O) groups excluding carboxylic acids is 2. The number of ether oxygens (including phenoxy) is 1.